The highest BCUT2D eigenvalue weighted by atomic mass is 16.5. The van der Waals surface area contributed by atoms with Crippen LogP contribution in [0.1, 0.15) is 49.1 Å². The number of benzene rings is 3. The second-order valence-corrected chi connectivity index (χ2v) is 10.8. The van der Waals surface area contributed by atoms with Crippen molar-refractivity contribution in [2.45, 2.75) is 44.9 Å². The van der Waals surface area contributed by atoms with Crippen LogP contribution in [0, 0.1) is 0 Å². The number of ether oxygens (including phenoxy) is 2. The van der Waals surface area contributed by atoms with E-state index in [-0.39, 0.29) is 30.4 Å². The summed E-state index contributed by atoms with van der Waals surface area (Å²) in [6.45, 7) is 6.68. The Morgan fingerprint density at radius 3 is 2.49 bits per heavy atom. The predicted molar refractivity (Wildman–Crippen MR) is 150 cm³/mol. The topological polar surface area (TPSA) is 74.9 Å². The number of nitrogens with zero attached hydrogens (tertiary/aromatic N) is 2. The van der Waals surface area contributed by atoms with Gasteiger partial charge in [0.1, 0.15) is 6.54 Å². The van der Waals surface area contributed by atoms with Crippen molar-refractivity contribution in [3.8, 4) is 11.5 Å². The normalized spacial score (nSPS) is 20.8. The Morgan fingerprint density at radius 2 is 1.74 bits per heavy atom. The fraction of sp³-hybridized carbons (Fsp3) is 0.312. The van der Waals surface area contributed by atoms with E-state index in [1.54, 1.807) is 16.9 Å². The van der Waals surface area contributed by atoms with Gasteiger partial charge < -0.3 is 24.3 Å². The van der Waals surface area contributed by atoms with Gasteiger partial charge in [0, 0.05) is 29.9 Å². The number of para-hydroxylation sites is 1. The maximum absolute atomic E-state index is 14.2. The van der Waals surface area contributed by atoms with Gasteiger partial charge in [-0.3, -0.25) is 9.59 Å². The summed E-state index contributed by atoms with van der Waals surface area (Å²) < 4.78 is 11.6. The van der Waals surface area contributed by atoms with Crippen molar-refractivity contribution in [3.05, 3.63) is 95.2 Å². The molecule has 0 radical (unpaired) electrons. The lowest BCUT2D eigenvalue weighted by Crippen LogP contribution is -2.67. The predicted octanol–water partition coefficient (Wildman–Crippen LogP) is 5.20. The van der Waals surface area contributed by atoms with Gasteiger partial charge >= 0.3 is 0 Å². The molecule has 6 rings (SSSR count). The first-order chi connectivity index (χ1) is 18.8. The Balaban J connectivity index is 1.48. The van der Waals surface area contributed by atoms with E-state index in [0.29, 0.717) is 24.6 Å². The van der Waals surface area contributed by atoms with Gasteiger partial charge in [-0.25, -0.2) is 0 Å². The number of fused-ring (bicyclic) bond motifs is 5. The molecule has 0 aliphatic carbocycles. The van der Waals surface area contributed by atoms with Crippen molar-refractivity contribution in [1.82, 2.24) is 14.8 Å². The number of piperazine rings is 1. The number of carbonyl (C=O) groups excluding carboxylic acids is 2. The van der Waals surface area contributed by atoms with Crippen LogP contribution in [0.5, 0.6) is 11.5 Å². The van der Waals surface area contributed by atoms with Crippen LogP contribution in [-0.2, 0) is 21.7 Å². The zero-order valence-electron chi connectivity index (χ0n) is 22.7. The van der Waals surface area contributed by atoms with Crippen LogP contribution in [0.2, 0.25) is 0 Å². The van der Waals surface area contributed by atoms with Crippen LogP contribution < -0.4 is 9.47 Å². The van der Waals surface area contributed by atoms with Crippen molar-refractivity contribution in [3.63, 3.8) is 0 Å². The number of amides is 2. The molecule has 39 heavy (non-hydrogen) atoms. The van der Waals surface area contributed by atoms with Crippen molar-refractivity contribution in [1.29, 1.82) is 0 Å². The molecular formula is C32H33N3O4. The Kier molecular flexibility index (Phi) is 6.09. The van der Waals surface area contributed by atoms with Crippen LogP contribution in [0.3, 0.4) is 0 Å². The summed E-state index contributed by atoms with van der Waals surface area (Å²) in [7, 11) is 1.63. The molecule has 0 spiro atoms. The lowest BCUT2D eigenvalue weighted by molar-refractivity contribution is -0.166. The average Bonchev–Trinajstić information content (AvgIpc) is 3.33. The summed E-state index contributed by atoms with van der Waals surface area (Å²) in [6.07, 6.45) is 0.0103. The van der Waals surface area contributed by atoms with Gasteiger partial charge in [0.15, 0.2) is 17.0 Å². The first-order valence-corrected chi connectivity index (χ1v) is 13.4. The molecule has 2 aliphatic rings. The van der Waals surface area contributed by atoms with Gasteiger partial charge in [0.25, 0.3) is 5.91 Å². The molecule has 1 N–H and O–H groups in total. The second kappa shape index (κ2) is 9.49. The quantitative estimate of drug-likeness (QED) is 0.377. The van der Waals surface area contributed by atoms with Gasteiger partial charge in [0.2, 0.25) is 5.91 Å². The van der Waals surface area contributed by atoms with Gasteiger partial charge in [-0.2, -0.15) is 0 Å². The van der Waals surface area contributed by atoms with E-state index in [0.717, 1.165) is 33.3 Å². The van der Waals surface area contributed by atoms with Crippen LogP contribution in [0.4, 0.5) is 0 Å². The smallest absolute Gasteiger partial charge is 0.255 e. The van der Waals surface area contributed by atoms with Gasteiger partial charge in [-0.1, -0.05) is 54.6 Å². The maximum atomic E-state index is 14.2. The van der Waals surface area contributed by atoms with Crippen LogP contribution in [0.25, 0.3) is 10.9 Å². The van der Waals surface area contributed by atoms with Crippen LogP contribution in [-0.4, -0.2) is 52.9 Å². The number of H-pyrrole nitrogens is 1. The minimum atomic E-state index is -1.14. The summed E-state index contributed by atoms with van der Waals surface area (Å²) in [6, 6.07) is 23.9. The molecule has 3 heterocycles. The number of rotatable bonds is 6. The molecule has 7 heteroatoms. The number of aromatic nitrogens is 1. The molecule has 1 fully saturated rings. The Morgan fingerprint density at radius 1 is 1.00 bits per heavy atom. The van der Waals surface area contributed by atoms with Crippen molar-refractivity contribution in [2.24, 2.45) is 0 Å². The molecule has 2 aliphatic heterocycles. The molecular weight excluding hydrogens is 490 g/mol. The lowest BCUT2D eigenvalue weighted by Gasteiger charge is -2.51. The molecule has 0 bridgehead atoms. The van der Waals surface area contributed by atoms with Crippen molar-refractivity contribution < 1.29 is 19.1 Å². The highest BCUT2D eigenvalue weighted by molar-refractivity contribution is 6.01. The molecule has 200 valence electrons. The largest absolute Gasteiger partial charge is 0.493 e. The van der Waals surface area contributed by atoms with E-state index < -0.39 is 5.54 Å². The highest BCUT2D eigenvalue weighted by Gasteiger charge is 2.56. The van der Waals surface area contributed by atoms with E-state index >= 15 is 0 Å². The molecule has 3 aromatic carbocycles. The van der Waals surface area contributed by atoms with Gasteiger partial charge in [-0.15, -0.1) is 0 Å². The Bertz CT molecular complexity index is 1560. The van der Waals surface area contributed by atoms with E-state index in [1.807, 2.05) is 87.5 Å². The third-order valence-electron chi connectivity index (χ3n) is 7.99. The first kappa shape index (κ1) is 25.0. The summed E-state index contributed by atoms with van der Waals surface area (Å²) >= 11 is 0. The minimum absolute atomic E-state index is 0.0103. The third-order valence-corrected chi connectivity index (χ3v) is 7.99. The van der Waals surface area contributed by atoms with Crippen molar-refractivity contribution in [2.75, 3.05) is 20.2 Å². The SMILES string of the molecule is COc1cc(C2CN3C(=O)CN(Cc4ccccc4)C(=O)C3(C)c3[nH]c4ccccc4c32)ccc1OC(C)C. The molecule has 2 atom stereocenters. The molecule has 1 saturated heterocycles. The Labute approximate surface area is 228 Å². The number of aromatic amines is 1. The second-order valence-electron chi connectivity index (χ2n) is 10.8. The first-order valence-electron chi connectivity index (χ1n) is 13.4. The van der Waals surface area contributed by atoms with Crippen molar-refractivity contribution >= 4 is 22.7 Å². The van der Waals surface area contributed by atoms with Crippen LogP contribution >= 0.6 is 0 Å². The summed E-state index contributed by atoms with van der Waals surface area (Å²) in [5, 5.41) is 1.06. The summed E-state index contributed by atoms with van der Waals surface area (Å²) in [5.74, 6) is 1.04. The number of carbonyl (C=O) groups is 2. The minimum Gasteiger partial charge on any atom is -0.493 e. The molecule has 1 aromatic heterocycles. The fourth-order valence-electron chi connectivity index (χ4n) is 6.16. The Hall–Kier alpha value is -4.26. The van der Waals surface area contributed by atoms with E-state index in [9.17, 15) is 9.59 Å². The highest BCUT2D eigenvalue weighted by Crippen LogP contribution is 2.49. The third kappa shape index (κ3) is 4.04. The molecule has 7 nitrogen and oxygen atoms in total. The lowest BCUT2D eigenvalue weighted by atomic mass is 9.76. The van der Waals surface area contributed by atoms with E-state index in [2.05, 4.69) is 11.1 Å². The summed E-state index contributed by atoms with van der Waals surface area (Å²) in [4.78, 5) is 35.0. The van der Waals surface area contributed by atoms with E-state index in [4.69, 9.17) is 9.47 Å². The monoisotopic (exact) mass is 523 g/mol. The average molecular weight is 524 g/mol. The van der Waals surface area contributed by atoms with Crippen LogP contribution in [0.15, 0.2) is 72.8 Å². The van der Waals surface area contributed by atoms with Gasteiger partial charge in [-0.05, 0) is 55.7 Å². The molecule has 2 unspecified atom stereocenters. The number of hydrogen-bond donors (Lipinski definition) is 1. The number of nitrogens with one attached hydrogen (secondary N) is 1. The molecule has 4 aromatic rings. The number of methoxy groups -OCH3 is 1. The zero-order chi connectivity index (χ0) is 27.3. The standard InChI is InChI=1S/C32H33N3O4/c1-20(2)39-26-15-14-22(16-27(26)38-4)24-18-35-28(36)19-34(17-21-10-6-5-7-11-21)31(37)32(35,3)30-29(24)23-12-8-9-13-25(23)33-30/h5-16,20,24,33H,17-19H2,1-4H3. The summed E-state index contributed by atoms with van der Waals surface area (Å²) in [5.41, 5.74) is 3.63. The maximum Gasteiger partial charge on any atom is 0.255 e. The molecule has 0 saturated carbocycles. The fourth-order valence-corrected chi connectivity index (χ4v) is 6.16. The zero-order valence-corrected chi connectivity index (χ0v) is 22.7. The number of hydrogen-bond acceptors (Lipinski definition) is 4. The van der Waals surface area contributed by atoms with Gasteiger partial charge in [0.05, 0.1) is 18.9 Å². The van der Waals surface area contributed by atoms with E-state index in [1.165, 1.54) is 0 Å². The molecule has 2 amide bonds.